The monoisotopic (exact) mass is 340 g/mol. The largest absolute Gasteiger partial charge is 0.469 e. The average molecular weight is 340 g/mol. The number of esters is 1. The molecule has 1 saturated heterocycles. The number of hydrogen-bond donors (Lipinski definition) is 1. The van der Waals surface area contributed by atoms with Crippen molar-refractivity contribution in [3.8, 4) is 0 Å². The number of nitro groups is 1. The molecule has 2 atom stereocenters. The molecule has 25 heavy (non-hydrogen) atoms. The van der Waals surface area contributed by atoms with Crippen molar-refractivity contribution in [2.75, 3.05) is 7.11 Å². The number of nitro benzene ring substituents is 1. The normalized spacial score (nSPS) is 22.3. The lowest BCUT2D eigenvalue weighted by atomic mass is 9.71. The minimum absolute atomic E-state index is 0.0201. The van der Waals surface area contributed by atoms with Gasteiger partial charge in [-0.1, -0.05) is 42.5 Å². The molecule has 1 fully saturated rings. The Morgan fingerprint density at radius 3 is 2.28 bits per heavy atom. The van der Waals surface area contributed by atoms with Crippen LogP contribution in [0.1, 0.15) is 31.0 Å². The minimum atomic E-state index is -0.863. The third-order valence-electron chi connectivity index (χ3n) is 5.07. The topological polar surface area (TPSA) is 91.4 Å². The predicted molar refractivity (Wildman–Crippen MR) is 92.9 cm³/mol. The van der Waals surface area contributed by atoms with Crippen molar-refractivity contribution < 1.29 is 14.5 Å². The lowest BCUT2D eigenvalue weighted by Gasteiger charge is -2.32. The van der Waals surface area contributed by atoms with Gasteiger partial charge in [0, 0.05) is 12.1 Å². The van der Waals surface area contributed by atoms with E-state index in [1.165, 1.54) is 19.2 Å². The van der Waals surface area contributed by atoms with E-state index in [0.29, 0.717) is 0 Å². The smallest absolute Gasteiger partial charge is 0.313 e. The first kappa shape index (κ1) is 17.1. The average Bonchev–Trinajstić information content (AvgIpc) is 3.39. The number of ether oxygens (including phenoxy) is 1. The van der Waals surface area contributed by atoms with Gasteiger partial charge >= 0.3 is 5.97 Å². The molecule has 130 valence electrons. The summed E-state index contributed by atoms with van der Waals surface area (Å²) < 4.78 is 5.02. The molecule has 1 N–H and O–H groups in total. The molecule has 3 rings (SSSR count). The van der Waals surface area contributed by atoms with Gasteiger partial charge in [-0.05, 0) is 25.0 Å². The Morgan fingerprint density at radius 2 is 1.76 bits per heavy atom. The third kappa shape index (κ3) is 2.59. The maximum atomic E-state index is 12.5. The highest BCUT2D eigenvalue weighted by atomic mass is 16.6. The van der Waals surface area contributed by atoms with Crippen LogP contribution in [-0.2, 0) is 15.1 Å². The first-order valence-electron chi connectivity index (χ1n) is 8.00. The summed E-state index contributed by atoms with van der Waals surface area (Å²) in [5.74, 6) is -0.336. The van der Waals surface area contributed by atoms with Crippen LogP contribution < -0.4 is 5.32 Å². The number of benzene rings is 2. The SMILES string of the molecule is COC(=O)C(C)(C)[C@]1(c2ccc([N+](=O)[O-])cc2)N[C@H]1c1ccccc1. The van der Waals surface area contributed by atoms with Gasteiger partial charge < -0.3 is 4.74 Å². The summed E-state index contributed by atoms with van der Waals surface area (Å²) in [4.78, 5) is 23.0. The molecule has 0 aliphatic carbocycles. The van der Waals surface area contributed by atoms with Crippen molar-refractivity contribution in [2.45, 2.75) is 25.4 Å². The zero-order chi connectivity index (χ0) is 18.2. The summed E-state index contributed by atoms with van der Waals surface area (Å²) in [5.41, 5.74) is 0.349. The van der Waals surface area contributed by atoms with Crippen LogP contribution in [0.4, 0.5) is 5.69 Å². The third-order valence-corrected chi connectivity index (χ3v) is 5.07. The highest BCUT2D eigenvalue weighted by Crippen LogP contribution is 2.59. The van der Waals surface area contributed by atoms with Gasteiger partial charge in [-0.25, -0.2) is 0 Å². The van der Waals surface area contributed by atoms with E-state index in [4.69, 9.17) is 4.74 Å². The second kappa shape index (κ2) is 5.97. The summed E-state index contributed by atoms with van der Waals surface area (Å²) in [6.07, 6.45) is 0. The Morgan fingerprint density at radius 1 is 1.16 bits per heavy atom. The van der Waals surface area contributed by atoms with Crippen LogP contribution in [0.5, 0.6) is 0 Å². The highest BCUT2D eigenvalue weighted by molar-refractivity contribution is 5.80. The molecule has 1 aliphatic heterocycles. The number of carbonyl (C=O) groups is 1. The molecule has 2 aromatic carbocycles. The second-order valence-electron chi connectivity index (χ2n) is 6.72. The van der Waals surface area contributed by atoms with Crippen molar-refractivity contribution in [2.24, 2.45) is 5.41 Å². The van der Waals surface area contributed by atoms with E-state index in [1.807, 2.05) is 44.2 Å². The van der Waals surface area contributed by atoms with Crippen molar-refractivity contribution in [1.82, 2.24) is 5.32 Å². The number of non-ortho nitro benzene ring substituents is 1. The fraction of sp³-hybridized carbons (Fsp3) is 0.316. The van der Waals surface area contributed by atoms with Crippen LogP contribution in [0.2, 0.25) is 0 Å². The van der Waals surface area contributed by atoms with Crippen LogP contribution in [0.25, 0.3) is 0 Å². The Labute approximate surface area is 146 Å². The van der Waals surface area contributed by atoms with Gasteiger partial charge in [0.15, 0.2) is 0 Å². The predicted octanol–water partition coefficient (Wildman–Crippen LogP) is 3.33. The number of methoxy groups -OCH3 is 1. The van der Waals surface area contributed by atoms with Crippen LogP contribution in [0.3, 0.4) is 0 Å². The van der Waals surface area contributed by atoms with Gasteiger partial charge in [0.2, 0.25) is 0 Å². The number of hydrogen-bond acceptors (Lipinski definition) is 5. The summed E-state index contributed by atoms with van der Waals surface area (Å²) >= 11 is 0. The maximum Gasteiger partial charge on any atom is 0.313 e. The number of nitrogens with one attached hydrogen (secondary N) is 1. The van der Waals surface area contributed by atoms with Crippen molar-refractivity contribution >= 4 is 11.7 Å². The minimum Gasteiger partial charge on any atom is -0.469 e. The molecule has 0 saturated carbocycles. The highest BCUT2D eigenvalue weighted by Gasteiger charge is 2.67. The fourth-order valence-electron chi connectivity index (χ4n) is 3.58. The molecule has 6 heteroatoms. The fourth-order valence-corrected chi connectivity index (χ4v) is 3.58. The van der Waals surface area contributed by atoms with Gasteiger partial charge in [0.1, 0.15) is 0 Å². The van der Waals surface area contributed by atoms with E-state index >= 15 is 0 Å². The zero-order valence-corrected chi connectivity index (χ0v) is 14.4. The molecule has 0 spiro atoms. The molecular weight excluding hydrogens is 320 g/mol. The molecule has 6 nitrogen and oxygen atoms in total. The quantitative estimate of drug-likeness (QED) is 0.390. The standard InChI is InChI=1S/C19H20N2O4/c1-18(2,17(22)25-3)19(14-9-11-15(12-10-14)21(23)24)16(20-19)13-7-5-4-6-8-13/h4-12,16,20H,1-3H3/t16-,19+/m0/s1. The number of carbonyl (C=O) groups excluding carboxylic acids is 1. The lowest BCUT2D eigenvalue weighted by Crippen LogP contribution is -2.41. The molecular formula is C19H20N2O4. The first-order chi connectivity index (χ1) is 11.8. The summed E-state index contributed by atoms with van der Waals surface area (Å²) in [7, 11) is 1.37. The zero-order valence-electron chi connectivity index (χ0n) is 14.4. The van der Waals surface area contributed by atoms with Gasteiger partial charge in [0.25, 0.3) is 5.69 Å². The summed E-state index contributed by atoms with van der Waals surface area (Å²) in [6, 6.07) is 16.1. The van der Waals surface area contributed by atoms with Crippen LogP contribution in [0, 0.1) is 15.5 Å². The van der Waals surface area contributed by atoms with Crippen molar-refractivity contribution in [3.63, 3.8) is 0 Å². The first-order valence-corrected chi connectivity index (χ1v) is 8.00. The van der Waals surface area contributed by atoms with Gasteiger partial charge in [-0.15, -0.1) is 0 Å². The Hall–Kier alpha value is -2.73. The van der Waals surface area contributed by atoms with E-state index < -0.39 is 15.9 Å². The molecule has 0 amide bonds. The number of nitrogens with zero attached hydrogens (tertiary/aromatic N) is 1. The van der Waals surface area contributed by atoms with E-state index in [-0.39, 0.29) is 17.7 Å². The summed E-state index contributed by atoms with van der Waals surface area (Å²) in [6.45, 7) is 3.66. The lowest BCUT2D eigenvalue weighted by molar-refractivity contribution is -0.384. The van der Waals surface area contributed by atoms with Crippen LogP contribution in [0.15, 0.2) is 54.6 Å². The van der Waals surface area contributed by atoms with Crippen molar-refractivity contribution in [1.29, 1.82) is 0 Å². The second-order valence-corrected chi connectivity index (χ2v) is 6.72. The Kier molecular flexibility index (Phi) is 4.08. The molecule has 1 aliphatic rings. The molecule has 2 aromatic rings. The molecule has 0 aromatic heterocycles. The van der Waals surface area contributed by atoms with Crippen LogP contribution >= 0.6 is 0 Å². The van der Waals surface area contributed by atoms with Crippen molar-refractivity contribution in [3.05, 3.63) is 75.8 Å². The molecule has 0 radical (unpaired) electrons. The maximum absolute atomic E-state index is 12.5. The Bertz CT molecular complexity index is 802. The van der Waals surface area contributed by atoms with E-state index in [2.05, 4.69) is 5.32 Å². The van der Waals surface area contributed by atoms with Gasteiger partial charge in [0.05, 0.1) is 29.0 Å². The van der Waals surface area contributed by atoms with E-state index in [1.54, 1.807) is 12.1 Å². The molecule has 0 bridgehead atoms. The summed E-state index contributed by atoms with van der Waals surface area (Å²) in [5, 5.41) is 14.4. The number of rotatable bonds is 5. The van der Waals surface area contributed by atoms with Gasteiger partial charge in [-0.3, -0.25) is 20.2 Å². The van der Waals surface area contributed by atoms with E-state index in [9.17, 15) is 14.9 Å². The molecule has 1 heterocycles. The van der Waals surface area contributed by atoms with E-state index in [0.717, 1.165) is 11.1 Å². The Balaban J connectivity index is 2.08. The van der Waals surface area contributed by atoms with Gasteiger partial charge in [-0.2, -0.15) is 0 Å². The molecule has 0 unspecified atom stereocenters. The van der Waals surface area contributed by atoms with Crippen LogP contribution in [-0.4, -0.2) is 18.0 Å².